The minimum Gasteiger partial charge on any atom is -0.507 e. The first-order chi connectivity index (χ1) is 37.9. The molecule has 0 spiro atoms. The Hall–Kier alpha value is -6.99. The third kappa shape index (κ3) is 8.13. The maximum atomic E-state index is 12.9. The summed E-state index contributed by atoms with van der Waals surface area (Å²) in [5.74, 6) is 4.65. The van der Waals surface area contributed by atoms with Gasteiger partial charge in [0, 0.05) is 87.7 Å². The summed E-state index contributed by atoms with van der Waals surface area (Å²) in [4.78, 5) is 22.1. The number of fused-ring (bicyclic) bond motifs is 18. The SMILES string of the molecule is C=CCOc1c(C)c2c(c3c1CC1C4c5c(cc(C)c(C)c5O)C[C@@H]([C@H](C#N)N1[C@H]3CN)N4C)OCO2.C=CCOc1c(C)c2c(c3c1CC1C4c5c(cc(C)c(C)c5O)C[C@@H]([C@H](C#N)N1[C@H]3CNC(=O)C(C)C)N4C)OCO2. The molecule has 12 rings (SSSR count). The lowest BCUT2D eigenvalue weighted by molar-refractivity contribution is -0.125. The quantitative estimate of drug-likeness (QED) is 0.113. The van der Waals surface area contributed by atoms with Gasteiger partial charge in [0.2, 0.25) is 19.5 Å². The third-order valence-corrected chi connectivity index (χ3v) is 18.8. The van der Waals surface area contributed by atoms with Crippen molar-refractivity contribution in [2.75, 3.05) is 54.0 Å². The van der Waals surface area contributed by atoms with Crippen molar-refractivity contribution in [1.29, 1.82) is 10.5 Å². The van der Waals surface area contributed by atoms with E-state index in [1.807, 2.05) is 55.4 Å². The van der Waals surface area contributed by atoms with E-state index in [2.05, 4.69) is 76.4 Å². The minimum atomic E-state index is -0.459. The Labute approximate surface area is 463 Å². The Balaban J connectivity index is 0.000000168. The summed E-state index contributed by atoms with van der Waals surface area (Å²) in [6.45, 7) is 24.9. The van der Waals surface area contributed by atoms with E-state index in [9.17, 15) is 25.5 Å². The van der Waals surface area contributed by atoms with Crippen LogP contribution in [0.4, 0.5) is 0 Å². The smallest absolute Gasteiger partial charge is 0.231 e. The number of hydrogen-bond donors (Lipinski definition) is 4. The number of carbonyl (C=O) groups is 1. The molecular weight excluding hydrogens is 1000 g/mol. The summed E-state index contributed by atoms with van der Waals surface area (Å²) < 4.78 is 36.6. The zero-order chi connectivity index (χ0) is 56.2. The van der Waals surface area contributed by atoms with Gasteiger partial charge in [-0.1, -0.05) is 51.3 Å². The lowest BCUT2D eigenvalue weighted by atomic mass is 9.71. The molecule has 4 unspecified atom stereocenters. The Morgan fingerprint density at radius 2 is 1.10 bits per heavy atom. The number of nitrogens with one attached hydrogen (secondary N) is 1. The molecule has 0 aromatic heterocycles. The Kier molecular flexibility index (Phi) is 14.1. The molecule has 0 radical (unpaired) electrons. The van der Waals surface area contributed by atoms with Crippen molar-refractivity contribution in [1.82, 2.24) is 24.9 Å². The molecule has 5 N–H and O–H groups in total. The number of hydrogen-bond acceptors (Lipinski definition) is 16. The van der Waals surface area contributed by atoms with Crippen molar-refractivity contribution in [3.05, 3.63) is 115 Å². The van der Waals surface area contributed by atoms with Crippen LogP contribution in [-0.4, -0.2) is 126 Å². The topological polar surface area (TPSA) is 212 Å². The number of benzene rings is 4. The van der Waals surface area contributed by atoms with Gasteiger partial charge >= 0.3 is 0 Å². The molecule has 2 saturated heterocycles. The van der Waals surface area contributed by atoms with Gasteiger partial charge in [0.25, 0.3) is 0 Å². The molecular formula is C62H74N8O9. The number of aromatic hydroxyl groups is 2. The standard InChI is InChI=1S/C33H40N4O5.C29H34N4O4/c1-8-9-40-30-19(6)31-32(42-15-41-31)27-21(30)12-23-28-26-20(10-17(4)18(5)29(26)38)11-22(36(28)7)24(13-34)37(23)25(27)14-35-33(39)16(2)3;1-6-7-35-27-16(4)28-29(37-13-36-28)24-18(27)10-20-25-23-17(8-14(2)15(3)26(23)34)9-19(32(25)5)21(11-30)33(20)22(24)12-31/h8,10,16,22-25,28,38H,1,9,11-12,14-15H2,2-7H3,(H,35,39);6,8,19-22,25,34H,1,7,9-10,12-13,31H2,2-5H3/t22-,23?,24-,25-,28?;19-,20?,21-,22-,25?/m00/s1. The predicted octanol–water partition coefficient (Wildman–Crippen LogP) is 7.50. The fourth-order valence-electron chi connectivity index (χ4n) is 14.9. The maximum absolute atomic E-state index is 12.9. The molecule has 4 bridgehead atoms. The molecule has 79 heavy (non-hydrogen) atoms. The van der Waals surface area contributed by atoms with Crippen LogP contribution in [0.3, 0.4) is 0 Å². The van der Waals surface area contributed by atoms with E-state index in [0.717, 1.165) is 89.4 Å². The maximum Gasteiger partial charge on any atom is 0.231 e. The fourth-order valence-corrected chi connectivity index (χ4v) is 14.9. The van der Waals surface area contributed by atoms with Crippen LogP contribution in [-0.2, 0) is 30.5 Å². The van der Waals surface area contributed by atoms with E-state index in [0.29, 0.717) is 86.5 Å². The third-order valence-electron chi connectivity index (χ3n) is 18.8. The average Bonchev–Trinajstić information content (AvgIpc) is 4.30. The molecule has 8 aliphatic heterocycles. The molecule has 4 aromatic rings. The lowest BCUT2D eigenvalue weighted by Gasteiger charge is -2.60. The molecule has 0 saturated carbocycles. The number of phenols is 2. The van der Waals surface area contributed by atoms with Crippen LogP contribution in [0.1, 0.15) is 116 Å². The molecule has 0 aliphatic carbocycles. The van der Waals surface area contributed by atoms with Crippen molar-refractivity contribution in [3.8, 4) is 58.1 Å². The number of aryl methyl sites for hydroxylation is 2. The summed E-state index contributed by atoms with van der Waals surface area (Å²) in [6.07, 6.45) is 5.99. The number of likely N-dealkylation sites (N-methyl/N-ethyl adjacent to an activating group) is 2. The van der Waals surface area contributed by atoms with Crippen LogP contribution < -0.4 is 39.5 Å². The summed E-state index contributed by atoms with van der Waals surface area (Å²) in [6, 6.07) is 7.54. The van der Waals surface area contributed by atoms with E-state index in [4.69, 9.17) is 34.2 Å². The van der Waals surface area contributed by atoms with Gasteiger partial charge in [-0.05, 0) is 115 Å². The van der Waals surface area contributed by atoms with Gasteiger partial charge < -0.3 is 49.7 Å². The monoisotopic (exact) mass is 1070 g/mol. The Bertz CT molecular complexity index is 3290. The van der Waals surface area contributed by atoms with Crippen molar-refractivity contribution >= 4 is 5.91 Å². The van der Waals surface area contributed by atoms with Crippen LogP contribution in [0.15, 0.2) is 37.4 Å². The van der Waals surface area contributed by atoms with Crippen LogP contribution in [0.2, 0.25) is 0 Å². The van der Waals surface area contributed by atoms with Gasteiger partial charge in [-0.2, -0.15) is 10.5 Å². The van der Waals surface area contributed by atoms with E-state index in [-0.39, 0.29) is 79.8 Å². The number of nitrogens with two attached hydrogens (primary N) is 1. The molecule has 4 aromatic carbocycles. The first kappa shape index (κ1) is 54.0. The summed E-state index contributed by atoms with van der Waals surface area (Å²) >= 11 is 0. The molecule has 2 fully saturated rings. The van der Waals surface area contributed by atoms with Gasteiger partial charge in [0.15, 0.2) is 23.0 Å². The molecule has 17 heteroatoms. The molecule has 416 valence electrons. The highest BCUT2D eigenvalue weighted by molar-refractivity contribution is 5.78. The van der Waals surface area contributed by atoms with Gasteiger partial charge in [-0.15, -0.1) is 0 Å². The van der Waals surface area contributed by atoms with Crippen molar-refractivity contribution in [2.45, 2.75) is 141 Å². The van der Waals surface area contributed by atoms with Crippen LogP contribution in [0.5, 0.6) is 46.0 Å². The molecule has 1 amide bonds. The first-order valence-corrected chi connectivity index (χ1v) is 27.7. The zero-order valence-electron chi connectivity index (χ0n) is 47.2. The zero-order valence-corrected chi connectivity index (χ0v) is 47.2. The van der Waals surface area contributed by atoms with Crippen molar-refractivity contribution < 1.29 is 43.4 Å². The number of ether oxygens (including phenoxy) is 6. The van der Waals surface area contributed by atoms with Gasteiger partial charge in [0.1, 0.15) is 48.3 Å². The van der Waals surface area contributed by atoms with Crippen LogP contribution in [0.25, 0.3) is 0 Å². The van der Waals surface area contributed by atoms with Crippen molar-refractivity contribution in [3.63, 3.8) is 0 Å². The highest BCUT2D eigenvalue weighted by Crippen LogP contribution is 2.60. The average molecular weight is 1080 g/mol. The first-order valence-electron chi connectivity index (χ1n) is 27.7. The summed E-state index contributed by atoms with van der Waals surface area (Å²) in [7, 11) is 4.15. The molecule has 17 nitrogen and oxygen atoms in total. The number of amides is 1. The molecule has 10 atom stereocenters. The Morgan fingerprint density at radius 1 is 0.684 bits per heavy atom. The second kappa shape index (κ2) is 20.6. The largest absolute Gasteiger partial charge is 0.507 e. The summed E-state index contributed by atoms with van der Waals surface area (Å²) in [5, 5.41) is 47.4. The normalized spacial score (nSPS) is 26.6. The van der Waals surface area contributed by atoms with Gasteiger partial charge in [0.05, 0.1) is 36.3 Å². The number of rotatable bonds is 10. The van der Waals surface area contributed by atoms with E-state index in [1.165, 1.54) is 0 Å². The second-order valence-corrected chi connectivity index (χ2v) is 23.0. The lowest BCUT2D eigenvalue weighted by Crippen LogP contribution is -2.68. The van der Waals surface area contributed by atoms with Gasteiger partial charge in [-0.3, -0.25) is 24.4 Å². The summed E-state index contributed by atoms with van der Waals surface area (Å²) in [5.41, 5.74) is 20.2. The predicted molar refractivity (Wildman–Crippen MR) is 297 cm³/mol. The molecule has 8 heterocycles. The Morgan fingerprint density at radius 3 is 1.51 bits per heavy atom. The molecule has 8 aliphatic rings. The van der Waals surface area contributed by atoms with E-state index >= 15 is 0 Å². The fraction of sp³-hybridized carbons (Fsp3) is 0.500. The van der Waals surface area contributed by atoms with Crippen LogP contribution in [0, 0.1) is 70.1 Å². The van der Waals surface area contributed by atoms with Crippen molar-refractivity contribution in [2.24, 2.45) is 11.7 Å². The van der Waals surface area contributed by atoms with Crippen LogP contribution >= 0.6 is 0 Å². The number of carbonyl (C=O) groups excluding carboxylic acids is 1. The van der Waals surface area contributed by atoms with E-state index in [1.54, 1.807) is 12.2 Å². The number of piperazine rings is 2. The second-order valence-electron chi connectivity index (χ2n) is 23.0. The van der Waals surface area contributed by atoms with E-state index < -0.39 is 6.04 Å². The minimum absolute atomic E-state index is 0.0250. The number of phenolic OH excluding ortho intramolecular Hbond substituents is 2. The van der Waals surface area contributed by atoms with Gasteiger partial charge in [-0.25, -0.2) is 0 Å². The highest BCUT2D eigenvalue weighted by atomic mass is 16.7. The number of nitrogens with zero attached hydrogens (tertiary/aromatic N) is 6. The highest BCUT2D eigenvalue weighted by Gasteiger charge is 2.58. The number of nitriles is 2.